The van der Waals surface area contributed by atoms with Crippen LogP contribution >= 0.6 is 0 Å². The summed E-state index contributed by atoms with van der Waals surface area (Å²) in [6.07, 6.45) is 0. The highest BCUT2D eigenvalue weighted by molar-refractivity contribution is 5.92. The van der Waals surface area contributed by atoms with E-state index in [9.17, 15) is 9.18 Å². The molecule has 0 fully saturated rings. The van der Waals surface area contributed by atoms with Gasteiger partial charge in [-0.2, -0.15) is 0 Å². The Kier molecular flexibility index (Phi) is 4.02. The van der Waals surface area contributed by atoms with Crippen molar-refractivity contribution in [3.05, 3.63) is 47.1 Å². The van der Waals surface area contributed by atoms with E-state index in [0.717, 1.165) is 0 Å². The largest absolute Gasteiger partial charge is 0.494 e. The van der Waals surface area contributed by atoms with Gasteiger partial charge in [0, 0.05) is 6.07 Å². The fourth-order valence-electron chi connectivity index (χ4n) is 1.78. The van der Waals surface area contributed by atoms with Gasteiger partial charge in [0.05, 0.1) is 13.2 Å². The maximum atomic E-state index is 13.6. The first-order valence-corrected chi connectivity index (χ1v) is 6.09. The van der Waals surface area contributed by atoms with Crippen LogP contribution in [0, 0.1) is 12.7 Å². The highest BCUT2D eigenvalue weighted by Gasteiger charge is 2.16. The molecular weight excluding hydrogens is 263 g/mol. The van der Waals surface area contributed by atoms with Crippen LogP contribution in [0.1, 0.15) is 34.8 Å². The van der Waals surface area contributed by atoms with Crippen LogP contribution in [-0.2, 0) is 0 Å². The minimum atomic E-state index is -0.469. The van der Waals surface area contributed by atoms with Crippen molar-refractivity contribution in [2.45, 2.75) is 19.9 Å². The molecule has 2 aromatic rings. The molecule has 106 valence electrons. The molecule has 1 heterocycles. The van der Waals surface area contributed by atoms with Gasteiger partial charge in [-0.15, -0.1) is 0 Å². The van der Waals surface area contributed by atoms with Crippen molar-refractivity contribution in [1.29, 1.82) is 0 Å². The van der Waals surface area contributed by atoms with Crippen LogP contribution in [0.15, 0.2) is 28.8 Å². The molecule has 0 saturated heterocycles. The van der Waals surface area contributed by atoms with Crippen LogP contribution in [0.4, 0.5) is 4.39 Å². The lowest BCUT2D eigenvalue weighted by atomic mass is 10.1. The first-order chi connectivity index (χ1) is 9.51. The second-order valence-corrected chi connectivity index (χ2v) is 4.41. The monoisotopic (exact) mass is 278 g/mol. The molecule has 0 radical (unpaired) electrons. The third-order valence-electron chi connectivity index (χ3n) is 2.88. The molecule has 1 aromatic heterocycles. The van der Waals surface area contributed by atoms with E-state index in [1.165, 1.54) is 25.3 Å². The lowest BCUT2D eigenvalue weighted by Gasteiger charge is -2.14. The van der Waals surface area contributed by atoms with Gasteiger partial charge in [0.2, 0.25) is 0 Å². The van der Waals surface area contributed by atoms with Gasteiger partial charge in [-0.05, 0) is 31.5 Å². The predicted octanol–water partition coefficient (Wildman–Crippen LogP) is 2.62. The third-order valence-corrected chi connectivity index (χ3v) is 2.88. The van der Waals surface area contributed by atoms with Gasteiger partial charge in [0.15, 0.2) is 17.3 Å². The summed E-state index contributed by atoms with van der Waals surface area (Å²) in [5.41, 5.74) is 0.834. The Morgan fingerprint density at radius 3 is 2.75 bits per heavy atom. The van der Waals surface area contributed by atoms with Gasteiger partial charge in [0.1, 0.15) is 5.76 Å². The van der Waals surface area contributed by atoms with E-state index in [1.807, 2.05) is 0 Å². The maximum Gasteiger partial charge on any atom is 0.273 e. The van der Waals surface area contributed by atoms with E-state index in [0.29, 0.717) is 11.3 Å². The fourth-order valence-corrected chi connectivity index (χ4v) is 1.78. The number of amides is 1. The fraction of sp³-hybridized carbons (Fsp3) is 0.286. The third kappa shape index (κ3) is 2.96. The second kappa shape index (κ2) is 5.73. The number of ether oxygens (including phenoxy) is 1. The highest BCUT2D eigenvalue weighted by atomic mass is 19.1. The topological polar surface area (TPSA) is 64.4 Å². The molecule has 0 bridgehead atoms. The van der Waals surface area contributed by atoms with Gasteiger partial charge in [0.25, 0.3) is 5.91 Å². The number of benzene rings is 1. The average molecular weight is 278 g/mol. The number of carbonyl (C=O) groups is 1. The van der Waals surface area contributed by atoms with Crippen LogP contribution in [0.5, 0.6) is 5.75 Å². The first kappa shape index (κ1) is 14.0. The number of aromatic nitrogens is 1. The maximum absolute atomic E-state index is 13.6. The van der Waals surface area contributed by atoms with E-state index in [-0.39, 0.29) is 23.4 Å². The molecule has 1 atom stereocenters. The van der Waals surface area contributed by atoms with E-state index < -0.39 is 5.82 Å². The minimum Gasteiger partial charge on any atom is -0.494 e. The van der Waals surface area contributed by atoms with E-state index >= 15 is 0 Å². The number of methoxy groups -OCH3 is 1. The summed E-state index contributed by atoms with van der Waals surface area (Å²) in [4.78, 5) is 11.9. The van der Waals surface area contributed by atoms with Gasteiger partial charge < -0.3 is 14.6 Å². The van der Waals surface area contributed by atoms with Gasteiger partial charge in [-0.1, -0.05) is 11.2 Å². The summed E-state index contributed by atoms with van der Waals surface area (Å²) < 4.78 is 23.3. The molecule has 0 aliphatic carbocycles. The standard InChI is InChI=1S/C14H15FN2O3/c1-8-6-12(17-20-8)14(18)16-9(2)10-4-5-13(19-3)11(15)7-10/h4-7,9H,1-3H3,(H,16,18)/t9-/m0/s1. The minimum absolute atomic E-state index is 0.166. The number of rotatable bonds is 4. The number of nitrogens with zero attached hydrogens (tertiary/aromatic N) is 1. The van der Waals surface area contributed by atoms with E-state index in [1.54, 1.807) is 19.9 Å². The van der Waals surface area contributed by atoms with Gasteiger partial charge in [-0.25, -0.2) is 4.39 Å². The van der Waals surface area contributed by atoms with Crippen molar-refractivity contribution in [2.24, 2.45) is 0 Å². The molecule has 1 aromatic carbocycles. The van der Waals surface area contributed by atoms with Crippen LogP contribution in [-0.4, -0.2) is 18.2 Å². The summed E-state index contributed by atoms with van der Waals surface area (Å²) >= 11 is 0. The van der Waals surface area contributed by atoms with Crippen molar-refractivity contribution in [1.82, 2.24) is 10.5 Å². The quantitative estimate of drug-likeness (QED) is 0.933. The Hall–Kier alpha value is -2.37. The molecule has 5 nitrogen and oxygen atoms in total. The number of hydrogen-bond donors (Lipinski definition) is 1. The van der Waals surface area contributed by atoms with E-state index in [2.05, 4.69) is 10.5 Å². The molecule has 1 amide bonds. The molecule has 6 heteroatoms. The molecule has 0 aliphatic rings. The average Bonchev–Trinajstić information content (AvgIpc) is 2.85. The lowest BCUT2D eigenvalue weighted by Crippen LogP contribution is -2.26. The zero-order chi connectivity index (χ0) is 14.7. The Bertz CT molecular complexity index is 625. The van der Waals surface area contributed by atoms with Crippen LogP contribution in [0.25, 0.3) is 0 Å². The Morgan fingerprint density at radius 1 is 1.45 bits per heavy atom. The summed E-state index contributed by atoms with van der Waals surface area (Å²) in [5, 5.41) is 6.35. The van der Waals surface area contributed by atoms with Crippen molar-refractivity contribution >= 4 is 5.91 Å². The predicted molar refractivity (Wildman–Crippen MR) is 70.1 cm³/mol. The summed E-state index contributed by atoms with van der Waals surface area (Å²) in [5.74, 6) is -0.119. The second-order valence-electron chi connectivity index (χ2n) is 4.41. The molecule has 1 N–H and O–H groups in total. The number of hydrogen-bond acceptors (Lipinski definition) is 4. The van der Waals surface area contributed by atoms with Gasteiger partial charge >= 0.3 is 0 Å². The van der Waals surface area contributed by atoms with Crippen molar-refractivity contribution in [3.63, 3.8) is 0 Å². The molecule has 2 rings (SSSR count). The Balaban J connectivity index is 2.10. The van der Waals surface area contributed by atoms with Crippen LogP contribution in [0.3, 0.4) is 0 Å². The van der Waals surface area contributed by atoms with Crippen molar-refractivity contribution < 1.29 is 18.4 Å². The summed E-state index contributed by atoms with van der Waals surface area (Å²) in [6.45, 7) is 3.46. The van der Waals surface area contributed by atoms with Crippen LogP contribution < -0.4 is 10.1 Å². The Morgan fingerprint density at radius 2 is 2.20 bits per heavy atom. The normalized spacial score (nSPS) is 12.0. The van der Waals surface area contributed by atoms with Crippen molar-refractivity contribution in [2.75, 3.05) is 7.11 Å². The first-order valence-electron chi connectivity index (χ1n) is 6.09. The zero-order valence-corrected chi connectivity index (χ0v) is 11.4. The number of aryl methyl sites for hydroxylation is 1. The molecular formula is C14H15FN2O3. The molecule has 0 spiro atoms. The molecule has 0 saturated carbocycles. The number of nitrogens with one attached hydrogen (secondary N) is 1. The van der Waals surface area contributed by atoms with Crippen LogP contribution in [0.2, 0.25) is 0 Å². The number of carbonyl (C=O) groups excluding carboxylic acids is 1. The molecule has 0 unspecified atom stereocenters. The highest BCUT2D eigenvalue weighted by Crippen LogP contribution is 2.21. The lowest BCUT2D eigenvalue weighted by molar-refractivity contribution is 0.0930. The Labute approximate surface area is 115 Å². The number of halogens is 1. The molecule has 20 heavy (non-hydrogen) atoms. The zero-order valence-electron chi connectivity index (χ0n) is 11.4. The SMILES string of the molecule is COc1ccc([C@H](C)NC(=O)c2cc(C)on2)cc1F. The van der Waals surface area contributed by atoms with E-state index in [4.69, 9.17) is 9.26 Å². The molecule has 0 aliphatic heterocycles. The summed E-state index contributed by atoms with van der Waals surface area (Å²) in [6, 6.07) is 5.73. The van der Waals surface area contributed by atoms with Crippen molar-refractivity contribution in [3.8, 4) is 5.75 Å². The van der Waals surface area contributed by atoms with Gasteiger partial charge in [-0.3, -0.25) is 4.79 Å². The smallest absolute Gasteiger partial charge is 0.273 e. The summed E-state index contributed by atoms with van der Waals surface area (Å²) in [7, 11) is 1.40.